The van der Waals surface area contributed by atoms with E-state index in [0.717, 1.165) is 19.5 Å². The van der Waals surface area contributed by atoms with Crippen molar-refractivity contribution in [2.45, 2.75) is 19.4 Å². The topological polar surface area (TPSA) is 79.2 Å². The predicted octanol–water partition coefficient (Wildman–Crippen LogP) is 1.44. The van der Waals surface area contributed by atoms with Gasteiger partial charge < -0.3 is 15.7 Å². The number of benzene rings is 1. The summed E-state index contributed by atoms with van der Waals surface area (Å²) in [5, 5.41) is 20.0. The Labute approximate surface area is 133 Å². The lowest BCUT2D eigenvalue weighted by atomic mass is 9.95. The number of rotatable bonds is 5. The van der Waals surface area contributed by atoms with Gasteiger partial charge >= 0.3 is 0 Å². The summed E-state index contributed by atoms with van der Waals surface area (Å²) in [4.78, 5) is 12.2. The number of hydrogen-bond donors (Lipinski definition) is 3. The number of aromatic hydroxyl groups is 1. The van der Waals surface area contributed by atoms with Crippen LogP contribution in [-0.4, -0.2) is 39.9 Å². The summed E-state index contributed by atoms with van der Waals surface area (Å²) >= 11 is 0. The molecule has 2 aromatic rings. The van der Waals surface area contributed by atoms with Gasteiger partial charge in [0.25, 0.3) is 5.91 Å². The van der Waals surface area contributed by atoms with Gasteiger partial charge in [0.05, 0.1) is 11.9 Å². The number of nitrogens with zero attached hydrogens (tertiary/aromatic N) is 2. The first kappa shape index (κ1) is 15.5. The summed E-state index contributed by atoms with van der Waals surface area (Å²) in [5.41, 5.74) is 0.376. The van der Waals surface area contributed by atoms with Gasteiger partial charge in [0.2, 0.25) is 0 Å². The van der Waals surface area contributed by atoms with Crippen LogP contribution in [0.15, 0.2) is 30.5 Å². The number of aromatic nitrogens is 2. The Bertz CT molecular complexity index is 712. The van der Waals surface area contributed by atoms with Crippen molar-refractivity contribution in [3.63, 3.8) is 0 Å². The number of amides is 1. The van der Waals surface area contributed by atoms with Crippen LogP contribution >= 0.6 is 0 Å². The van der Waals surface area contributed by atoms with Crippen LogP contribution in [0.5, 0.6) is 5.75 Å². The van der Waals surface area contributed by atoms with Crippen LogP contribution in [-0.2, 0) is 0 Å². The number of nitrogens with one attached hydrogen (secondary N) is 2. The van der Waals surface area contributed by atoms with E-state index >= 15 is 0 Å². The first-order chi connectivity index (χ1) is 11.0. The lowest BCUT2D eigenvalue weighted by Crippen LogP contribution is -2.46. The normalized spacial score (nSPS) is 15.9. The van der Waals surface area contributed by atoms with Crippen molar-refractivity contribution >= 4 is 5.91 Å². The molecule has 1 fully saturated rings. The Balaban J connectivity index is 1.71. The highest BCUT2D eigenvalue weighted by Crippen LogP contribution is 2.19. The van der Waals surface area contributed by atoms with Gasteiger partial charge in [-0.15, -0.1) is 0 Å². The summed E-state index contributed by atoms with van der Waals surface area (Å²) in [6.45, 7) is 3.87. The van der Waals surface area contributed by atoms with Crippen molar-refractivity contribution in [1.82, 2.24) is 20.4 Å². The number of halogens is 1. The van der Waals surface area contributed by atoms with Crippen LogP contribution in [0.2, 0.25) is 0 Å². The molecule has 3 N–H and O–H groups in total. The lowest BCUT2D eigenvalue weighted by molar-refractivity contribution is 0.0924. The van der Waals surface area contributed by atoms with Crippen molar-refractivity contribution in [3.8, 4) is 11.4 Å². The molecule has 0 aliphatic carbocycles. The first-order valence-corrected chi connectivity index (χ1v) is 7.59. The zero-order chi connectivity index (χ0) is 16.4. The molecule has 1 aliphatic rings. The quantitative estimate of drug-likeness (QED) is 0.779. The summed E-state index contributed by atoms with van der Waals surface area (Å²) in [5.74, 6) is -0.503. The van der Waals surface area contributed by atoms with Crippen molar-refractivity contribution < 1.29 is 14.3 Å². The minimum absolute atomic E-state index is 0.00619. The lowest BCUT2D eigenvalue weighted by Gasteiger charge is -2.29. The molecule has 0 spiro atoms. The molecule has 1 unspecified atom stereocenters. The van der Waals surface area contributed by atoms with E-state index < -0.39 is 11.7 Å². The molecule has 122 valence electrons. The Hall–Kier alpha value is -2.41. The van der Waals surface area contributed by atoms with E-state index in [-0.39, 0.29) is 17.5 Å². The third-order valence-electron chi connectivity index (χ3n) is 3.91. The van der Waals surface area contributed by atoms with E-state index in [0.29, 0.717) is 11.6 Å². The molecule has 0 saturated carbocycles. The summed E-state index contributed by atoms with van der Waals surface area (Å²) < 4.78 is 14.5. The van der Waals surface area contributed by atoms with Crippen LogP contribution in [0.4, 0.5) is 4.39 Å². The van der Waals surface area contributed by atoms with E-state index in [9.17, 15) is 14.3 Å². The molecular formula is C16H19FN4O2. The molecule has 6 nitrogen and oxygen atoms in total. The summed E-state index contributed by atoms with van der Waals surface area (Å²) in [6.07, 6.45) is 2.17. The van der Waals surface area contributed by atoms with E-state index in [4.69, 9.17) is 0 Å². The third kappa shape index (κ3) is 3.50. The maximum Gasteiger partial charge on any atom is 0.275 e. The summed E-state index contributed by atoms with van der Waals surface area (Å²) in [6, 6.07) is 5.77. The van der Waals surface area contributed by atoms with Crippen LogP contribution in [0.3, 0.4) is 0 Å². The molecule has 2 heterocycles. The number of hydrogen-bond acceptors (Lipinski definition) is 4. The Morgan fingerprint density at radius 1 is 1.57 bits per heavy atom. The molecule has 1 amide bonds. The van der Waals surface area contributed by atoms with Crippen LogP contribution < -0.4 is 10.6 Å². The SMILES string of the molecule is CC(CC1CNC1)NC(=O)c1nn(-c2cccc(F)c2)cc1O. The fourth-order valence-electron chi connectivity index (χ4n) is 2.64. The van der Waals surface area contributed by atoms with Gasteiger partial charge in [0.1, 0.15) is 5.82 Å². The maximum absolute atomic E-state index is 13.3. The van der Waals surface area contributed by atoms with Gasteiger partial charge in [-0.05, 0) is 50.6 Å². The third-order valence-corrected chi connectivity index (χ3v) is 3.91. The minimum atomic E-state index is -0.433. The molecule has 0 radical (unpaired) electrons. The van der Waals surface area contributed by atoms with Crippen molar-refractivity contribution in [2.75, 3.05) is 13.1 Å². The molecule has 1 saturated heterocycles. The van der Waals surface area contributed by atoms with Crippen LogP contribution in [0.25, 0.3) is 5.69 Å². The highest BCUT2D eigenvalue weighted by Gasteiger charge is 2.23. The number of carbonyl (C=O) groups is 1. The monoisotopic (exact) mass is 318 g/mol. The molecule has 1 aliphatic heterocycles. The van der Waals surface area contributed by atoms with Gasteiger partial charge in [-0.2, -0.15) is 5.10 Å². The molecule has 1 atom stereocenters. The van der Waals surface area contributed by atoms with Gasteiger partial charge in [0, 0.05) is 6.04 Å². The Morgan fingerprint density at radius 2 is 2.35 bits per heavy atom. The highest BCUT2D eigenvalue weighted by molar-refractivity contribution is 5.95. The fraction of sp³-hybridized carbons (Fsp3) is 0.375. The predicted molar refractivity (Wildman–Crippen MR) is 83.1 cm³/mol. The van der Waals surface area contributed by atoms with Gasteiger partial charge in [0.15, 0.2) is 11.4 Å². The van der Waals surface area contributed by atoms with Crippen LogP contribution in [0, 0.1) is 11.7 Å². The molecule has 23 heavy (non-hydrogen) atoms. The zero-order valence-electron chi connectivity index (χ0n) is 12.8. The second-order valence-electron chi connectivity index (χ2n) is 5.92. The van der Waals surface area contributed by atoms with E-state index in [1.807, 2.05) is 6.92 Å². The standard InChI is InChI=1S/C16H19FN4O2/c1-10(5-11-7-18-8-11)19-16(23)15-14(22)9-21(20-15)13-4-2-3-12(17)6-13/h2-4,6,9-11,18,22H,5,7-8H2,1H3,(H,19,23). The first-order valence-electron chi connectivity index (χ1n) is 7.59. The van der Waals surface area contributed by atoms with Gasteiger partial charge in [-0.1, -0.05) is 6.07 Å². The van der Waals surface area contributed by atoms with Crippen molar-refractivity contribution in [1.29, 1.82) is 0 Å². The maximum atomic E-state index is 13.3. The van der Waals surface area contributed by atoms with E-state index in [1.54, 1.807) is 6.07 Å². The smallest absolute Gasteiger partial charge is 0.275 e. The van der Waals surface area contributed by atoms with Gasteiger partial charge in [-0.25, -0.2) is 9.07 Å². The Kier molecular flexibility index (Phi) is 4.29. The minimum Gasteiger partial charge on any atom is -0.504 e. The molecular weight excluding hydrogens is 299 g/mol. The van der Waals surface area contributed by atoms with Gasteiger partial charge in [-0.3, -0.25) is 4.79 Å². The average molecular weight is 318 g/mol. The molecule has 1 aromatic heterocycles. The zero-order valence-corrected chi connectivity index (χ0v) is 12.8. The summed E-state index contributed by atoms with van der Waals surface area (Å²) in [7, 11) is 0. The van der Waals surface area contributed by atoms with E-state index in [1.165, 1.54) is 29.1 Å². The Morgan fingerprint density at radius 3 is 3.00 bits per heavy atom. The van der Waals surface area contributed by atoms with Crippen molar-refractivity contribution in [3.05, 3.63) is 42.0 Å². The van der Waals surface area contributed by atoms with Crippen LogP contribution in [0.1, 0.15) is 23.8 Å². The fourth-order valence-corrected chi connectivity index (χ4v) is 2.64. The van der Waals surface area contributed by atoms with Crippen molar-refractivity contribution in [2.24, 2.45) is 5.92 Å². The van der Waals surface area contributed by atoms with E-state index in [2.05, 4.69) is 15.7 Å². The molecule has 0 bridgehead atoms. The second kappa shape index (κ2) is 6.37. The number of carbonyl (C=O) groups excluding carboxylic acids is 1. The molecule has 3 rings (SSSR count). The molecule has 7 heteroatoms. The molecule has 1 aromatic carbocycles. The largest absolute Gasteiger partial charge is 0.504 e. The highest BCUT2D eigenvalue weighted by atomic mass is 19.1. The second-order valence-corrected chi connectivity index (χ2v) is 5.92. The average Bonchev–Trinajstić information content (AvgIpc) is 2.85.